The Morgan fingerprint density at radius 1 is 1.42 bits per heavy atom. The molecule has 0 radical (unpaired) electrons. The number of hydrogen-bond donors (Lipinski definition) is 0. The smallest absolute Gasteiger partial charge is 0.264 e. The van der Waals surface area contributed by atoms with Gasteiger partial charge < -0.3 is 14.0 Å². The van der Waals surface area contributed by atoms with Gasteiger partial charge in [-0.25, -0.2) is 0 Å². The third-order valence-electron chi connectivity index (χ3n) is 2.48. The molecule has 1 aromatic carbocycles. The van der Waals surface area contributed by atoms with Crippen LogP contribution in [0.2, 0.25) is 0 Å². The lowest BCUT2D eigenvalue weighted by Gasteiger charge is -2.08. The van der Waals surface area contributed by atoms with Crippen LogP contribution in [0.3, 0.4) is 0 Å². The standard InChI is InChI=1S/C13H14N2O4/c1-8(16)11-6-10(4-5-12(11)17-3)18-7-13-14-9(2)15-19-13/h4-6H,7H2,1-3H3. The quantitative estimate of drug-likeness (QED) is 0.769. The summed E-state index contributed by atoms with van der Waals surface area (Å²) < 4.78 is 15.5. The zero-order valence-electron chi connectivity index (χ0n) is 11.0. The fourth-order valence-corrected chi connectivity index (χ4v) is 1.60. The van der Waals surface area contributed by atoms with Crippen molar-refractivity contribution < 1.29 is 18.8 Å². The van der Waals surface area contributed by atoms with E-state index in [0.717, 1.165) is 0 Å². The van der Waals surface area contributed by atoms with Crippen LogP contribution in [0.5, 0.6) is 11.5 Å². The molecule has 0 unspecified atom stereocenters. The van der Waals surface area contributed by atoms with E-state index in [2.05, 4.69) is 10.1 Å². The summed E-state index contributed by atoms with van der Waals surface area (Å²) >= 11 is 0. The average Bonchev–Trinajstić information content (AvgIpc) is 2.81. The molecule has 100 valence electrons. The van der Waals surface area contributed by atoms with Gasteiger partial charge in [0.2, 0.25) is 0 Å². The Morgan fingerprint density at radius 3 is 2.79 bits per heavy atom. The molecule has 0 fully saturated rings. The van der Waals surface area contributed by atoms with Crippen LogP contribution in [-0.4, -0.2) is 23.0 Å². The highest BCUT2D eigenvalue weighted by atomic mass is 16.5. The lowest BCUT2D eigenvalue weighted by atomic mass is 10.1. The third kappa shape index (κ3) is 3.09. The van der Waals surface area contributed by atoms with Gasteiger partial charge in [-0.2, -0.15) is 4.98 Å². The topological polar surface area (TPSA) is 74.5 Å². The minimum absolute atomic E-state index is 0.0871. The SMILES string of the molecule is COc1ccc(OCc2nc(C)no2)cc1C(C)=O. The van der Waals surface area contributed by atoms with E-state index >= 15 is 0 Å². The number of Topliss-reactive ketones (excluding diaryl/α,β-unsaturated/α-hetero) is 1. The Morgan fingerprint density at radius 2 is 2.21 bits per heavy atom. The number of ketones is 1. The summed E-state index contributed by atoms with van der Waals surface area (Å²) in [5, 5.41) is 3.66. The third-order valence-corrected chi connectivity index (χ3v) is 2.48. The summed E-state index contributed by atoms with van der Waals surface area (Å²) in [6.07, 6.45) is 0. The zero-order valence-corrected chi connectivity index (χ0v) is 11.0. The number of methoxy groups -OCH3 is 1. The summed E-state index contributed by atoms with van der Waals surface area (Å²) in [6.45, 7) is 3.36. The fraction of sp³-hybridized carbons (Fsp3) is 0.308. The van der Waals surface area contributed by atoms with Crippen LogP contribution >= 0.6 is 0 Å². The maximum absolute atomic E-state index is 11.5. The van der Waals surface area contributed by atoms with Gasteiger partial charge in [-0.15, -0.1) is 0 Å². The second kappa shape index (κ2) is 5.51. The minimum Gasteiger partial charge on any atom is -0.496 e. The monoisotopic (exact) mass is 262 g/mol. The molecular weight excluding hydrogens is 248 g/mol. The van der Waals surface area contributed by atoms with Crippen molar-refractivity contribution in [2.24, 2.45) is 0 Å². The Kier molecular flexibility index (Phi) is 3.79. The summed E-state index contributed by atoms with van der Waals surface area (Å²) in [5.74, 6) is 1.92. The summed E-state index contributed by atoms with van der Waals surface area (Å²) in [4.78, 5) is 15.5. The Hall–Kier alpha value is -2.37. The first-order valence-electron chi connectivity index (χ1n) is 5.71. The second-order valence-corrected chi connectivity index (χ2v) is 3.94. The molecule has 0 amide bonds. The maximum Gasteiger partial charge on any atom is 0.264 e. The molecule has 1 aromatic heterocycles. The molecule has 0 aliphatic heterocycles. The predicted octanol–water partition coefficient (Wildman–Crippen LogP) is 2.17. The molecule has 0 bridgehead atoms. The summed E-state index contributed by atoms with van der Waals surface area (Å²) in [5.41, 5.74) is 0.474. The molecule has 0 saturated carbocycles. The van der Waals surface area contributed by atoms with Crippen molar-refractivity contribution in [3.05, 3.63) is 35.5 Å². The summed E-state index contributed by atoms with van der Waals surface area (Å²) in [6, 6.07) is 5.03. The van der Waals surface area contributed by atoms with Crippen LogP contribution in [0.4, 0.5) is 0 Å². The Bertz CT molecular complexity index is 592. The van der Waals surface area contributed by atoms with Gasteiger partial charge in [0.25, 0.3) is 5.89 Å². The molecule has 19 heavy (non-hydrogen) atoms. The van der Waals surface area contributed by atoms with Gasteiger partial charge >= 0.3 is 0 Å². The van der Waals surface area contributed by atoms with E-state index < -0.39 is 0 Å². The average molecular weight is 262 g/mol. The highest BCUT2D eigenvalue weighted by molar-refractivity contribution is 5.97. The number of aromatic nitrogens is 2. The highest BCUT2D eigenvalue weighted by Crippen LogP contribution is 2.24. The molecule has 6 heteroatoms. The van der Waals surface area contributed by atoms with Gasteiger partial charge in [0.1, 0.15) is 11.5 Å². The summed E-state index contributed by atoms with van der Waals surface area (Å²) in [7, 11) is 1.52. The van der Waals surface area contributed by atoms with Crippen molar-refractivity contribution in [2.75, 3.05) is 7.11 Å². The first-order valence-corrected chi connectivity index (χ1v) is 5.71. The van der Waals surface area contributed by atoms with Crippen LogP contribution in [-0.2, 0) is 6.61 Å². The molecule has 2 aromatic rings. The Labute approximate surface area is 110 Å². The molecule has 0 N–H and O–H groups in total. The second-order valence-electron chi connectivity index (χ2n) is 3.94. The van der Waals surface area contributed by atoms with Crippen LogP contribution in [0.15, 0.2) is 22.7 Å². The van der Waals surface area contributed by atoms with Gasteiger partial charge in [-0.3, -0.25) is 4.79 Å². The molecule has 1 heterocycles. The van der Waals surface area contributed by atoms with Crippen molar-refractivity contribution in [3.8, 4) is 11.5 Å². The number of ether oxygens (including phenoxy) is 2. The number of carbonyl (C=O) groups excluding carboxylic acids is 1. The molecule has 0 aliphatic carbocycles. The fourth-order valence-electron chi connectivity index (χ4n) is 1.60. The lowest BCUT2D eigenvalue weighted by Crippen LogP contribution is -2.00. The van der Waals surface area contributed by atoms with Gasteiger partial charge in [0, 0.05) is 0 Å². The maximum atomic E-state index is 11.5. The van der Waals surface area contributed by atoms with Crippen LogP contribution in [0.25, 0.3) is 0 Å². The van der Waals surface area contributed by atoms with Crippen molar-refractivity contribution in [2.45, 2.75) is 20.5 Å². The molecule has 0 aliphatic rings. The van der Waals surface area contributed by atoms with Gasteiger partial charge in [-0.1, -0.05) is 5.16 Å². The Balaban J connectivity index is 2.12. The van der Waals surface area contributed by atoms with E-state index in [-0.39, 0.29) is 12.4 Å². The van der Waals surface area contributed by atoms with Crippen LogP contribution < -0.4 is 9.47 Å². The van der Waals surface area contributed by atoms with Crippen molar-refractivity contribution in [1.82, 2.24) is 10.1 Å². The molecule has 6 nitrogen and oxygen atoms in total. The number of benzene rings is 1. The van der Waals surface area contributed by atoms with Gasteiger partial charge in [-0.05, 0) is 32.0 Å². The number of nitrogens with zero attached hydrogens (tertiary/aromatic N) is 2. The van der Waals surface area contributed by atoms with Crippen LogP contribution in [0.1, 0.15) is 29.0 Å². The van der Waals surface area contributed by atoms with Gasteiger partial charge in [0.05, 0.1) is 12.7 Å². The number of hydrogen-bond acceptors (Lipinski definition) is 6. The van der Waals surface area contributed by atoms with Crippen molar-refractivity contribution >= 4 is 5.78 Å². The predicted molar refractivity (Wildman–Crippen MR) is 66.4 cm³/mol. The molecular formula is C13H14N2O4. The van der Waals surface area contributed by atoms with E-state index in [0.29, 0.717) is 28.8 Å². The number of aryl methyl sites for hydroxylation is 1. The van der Waals surface area contributed by atoms with E-state index in [9.17, 15) is 4.79 Å². The molecule has 0 spiro atoms. The minimum atomic E-state index is -0.0871. The zero-order chi connectivity index (χ0) is 13.8. The largest absolute Gasteiger partial charge is 0.496 e. The van der Waals surface area contributed by atoms with Crippen molar-refractivity contribution in [3.63, 3.8) is 0 Å². The molecule has 2 rings (SSSR count). The molecule has 0 atom stereocenters. The lowest BCUT2D eigenvalue weighted by molar-refractivity contribution is 0.101. The normalized spacial score (nSPS) is 10.3. The number of rotatable bonds is 5. The first kappa shape index (κ1) is 13.1. The first-order chi connectivity index (χ1) is 9.10. The van der Waals surface area contributed by atoms with Crippen LogP contribution in [0, 0.1) is 6.92 Å². The van der Waals surface area contributed by atoms with E-state index in [1.54, 1.807) is 25.1 Å². The highest BCUT2D eigenvalue weighted by Gasteiger charge is 2.10. The van der Waals surface area contributed by atoms with E-state index in [1.165, 1.54) is 14.0 Å². The number of carbonyl (C=O) groups is 1. The van der Waals surface area contributed by atoms with E-state index in [1.807, 2.05) is 0 Å². The van der Waals surface area contributed by atoms with Gasteiger partial charge in [0.15, 0.2) is 18.2 Å². The van der Waals surface area contributed by atoms with E-state index in [4.69, 9.17) is 14.0 Å². The molecule has 0 saturated heterocycles. The van der Waals surface area contributed by atoms with Crippen molar-refractivity contribution in [1.29, 1.82) is 0 Å².